The lowest BCUT2D eigenvalue weighted by molar-refractivity contribution is -0.143. The number of sulfone groups is 1. The molecule has 30 heavy (non-hydrogen) atoms. The van der Waals surface area contributed by atoms with Gasteiger partial charge in [0.25, 0.3) is 5.91 Å². The van der Waals surface area contributed by atoms with E-state index in [0.717, 1.165) is 30.0 Å². The van der Waals surface area contributed by atoms with Crippen LogP contribution in [0, 0.1) is 0 Å². The summed E-state index contributed by atoms with van der Waals surface area (Å²) in [6.07, 6.45) is -4.66. The molecule has 1 amide bonds. The van der Waals surface area contributed by atoms with Gasteiger partial charge in [0.2, 0.25) is 0 Å². The minimum Gasteiger partial charge on any atom is -0.480 e. The molecule has 2 atom stereocenters. The predicted octanol–water partition coefficient (Wildman–Crippen LogP) is 2.06. The number of amidine groups is 1. The van der Waals surface area contributed by atoms with Crippen molar-refractivity contribution >= 4 is 55.9 Å². The number of amides is 1. The molecule has 0 spiro atoms. The molecule has 3 rings (SSSR count). The van der Waals surface area contributed by atoms with Gasteiger partial charge >= 0.3 is 12.1 Å². The van der Waals surface area contributed by atoms with Crippen molar-refractivity contribution < 1.29 is 41.0 Å². The summed E-state index contributed by atoms with van der Waals surface area (Å²) in [4.78, 5) is 27.5. The van der Waals surface area contributed by atoms with E-state index in [0.29, 0.717) is 0 Å². The number of nitrogens with zero attached hydrogens (tertiary/aromatic N) is 2. The highest BCUT2D eigenvalue weighted by Crippen LogP contribution is 2.44. The molecule has 2 fully saturated rings. The van der Waals surface area contributed by atoms with Gasteiger partial charge in [-0.2, -0.15) is 18.2 Å². The first-order valence-electron chi connectivity index (χ1n) is 8.31. The molecule has 14 heteroatoms. The van der Waals surface area contributed by atoms with Crippen LogP contribution in [0.1, 0.15) is 5.56 Å². The van der Waals surface area contributed by atoms with Gasteiger partial charge in [-0.3, -0.25) is 4.79 Å². The van der Waals surface area contributed by atoms with E-state index in [1.54, 1.807) is 0 Å². The number of hydrogen-bond acceptors (Lipinski definition) is 6. The number of alkyl halides is 3. The third-order valence-corrected chi connectivity index (χ3v) is 7.80. The van der Waals surface area contributed by atoms with Crippen LogP contribution >= 0.6 is 23.4 Å². The lowest BCUT2D eigenvalue weighted by Crippen LogP contribution is -2.38. The molecule has 2 saturated heterocycles. The highest BCUT2D eigenvalue weighted by atomic mass is 35.5. The average Bonchev–Trinajstić information content (AvgIpc) is 3.05. The Bertz CT molecular complexity index is 1010. The van der Waals surface area contributed by atoms with Crippen LogP contribution in [0.4, 0.5) is 18.9 Å². The van der Waals surface area contributed by atoms with Crippen LogP contribution in [-0.2, 0) is 30.3 Å². The van der Waals surface area contributed by atoms with E-state index in [1.165, 1.54) is 4.90 Å². The monoisotopic (exact) mass is 486 g/mol. The number of carbonyl (C=O) groups is 2. The molecule has 1 aromatic rings. The number of ether oxygens (including phenoxy) is 1. The van der Waals surface area contributed by atoms with E-state index < -0.39 is 58.0 Å². The average molecular weight is 487 g/mol. The maximum Gasteiger partial charge on any atom is 0.416 e. The molecule has 2 aliphatic rings. The SMILES string of the molecule is O=C(O)COCC(=O)N=C1S[C@@H]2CS(=O)(=O)C[C@@H]2N1c1cc(C(F)(F)F)ccc1Cl. The number of fused-ring (bicyclic) bond motifs is 1. The van der Waals surface area contributed by atoms with Crippen molar-refractivity contribution in [1.29, 1.82) is 0 Å². The van der Waals surface area contributed by atoms with Crippen molar-refractivity contribution in [3.63, 3.8) is 0 Å². The third kappa shape index (κ3) is 5.07. The van der Waals surface area contributed by atoms with Crippen LogP contribution < -0.4 is 4.90 Å². The number of carboxylic acid groups (broad SMARTS) is 1. The van der Waals surface area contributed by atoms with Gasteiger partial charge in [-0.25, -0.2) is 13.2 Å². The Morgan fingerprint density at radius 3 is 2.63 bits per heavy atom. The quantitative estimate of drug-likeness (QED) is 0.673. The summed E-state index contributed by atoms with van der Waals surface area (Å²) in [6, 6.07) is 1.85. The number of hydrogen-bond donors (Lipinski definition) is 1. The van der Waals surface area contributed by atoms with Crippen molar-refractivity contribution in [2.24, 2.45) is 4.99 Å². The first-order valence-corrected chi connectivity index (χ1v) is 11.4. The molecule has 1 aromatic carbocycles. The Morgan fingerprint density at radius 2 is 2.00 bits per heavy atom. The summed E-state index contributed by atoms with van der Waals surface area (Å²) in [5.74, 6) is -2.71. The molecule has 2 aliphatic heterocycles. The Hall–Kier alpha value is -1.83. The van der Waals surface area contributed by atoms with Crippen LogP contribution in [0.2, 0.25) is 5.02 Å². The van der Waals surface area contributed by atoms with Gasteiger partial charge in [0, 0.05) is 5.25 Å². The topological polar surface area (TPSA) is 113 Å². The Labute approximate surface area is 178 Å². The molecule has 0 saturated carbocycles. The number of carboxylic acids is 1. The van der Waals surface area contributed by atoms with Gasteiger partial charge in [0.1, 0.15) is 13.2 Å². The van der Waals surface area contributed by atoms with Gasteiger partial charge in [0.05, 0.1) is 33.8 Å². The van der Waals surface area contributed by atoms with Crippen molar-refractivity contribution in [2.45, 2.75) is 17.5 Å². The van der Waals surface area contributed by atoms with Gasteiger partial charge < -0.3 is 14.7 Å². The molecule has 0 aromatic heterocycles. The highest BCUT2D eigenvalue weighted by Gasteiger charge is 2.50. The van der Waals surface area contributed by atoms with E-state index in [-0.39, 0.29) is 27.4 Å². The summed E-state index contributed by atoms with van der Waals surface area (Å²) in [5, 5.41) is 7.89. The van der Waals surface area contributed by atoms with Crippen molar-refractivity contribution in [2.75, 3.05) is 29.6 Å². The van der Waals surface area contributed by atoms with Crippen LogP contribution in [0.3, 0.4) is 0 Å². The van der Waals surface area contributed by atoms with Gasteiger partial charge in [0.15, 0.2) is 15.0 Å². The predicted molar refractivity (Wildman–Crippen MR) is 104 cm³/mol. The zero-order valence-corrected chi connectivity index (χ0v) is 17.3. The number of thioether (sulfide) groups is 1. The van der Waals surface area contributed by atoms with Crippen LogP contribution in [-0.4, -0.2) is 66.6 Å². The molecule has 0 bridgehead atoms. The minimum atomic E-state index is -4.66. The summed E-state index contributed by atoms with van der Waals surface area (Å²) >= 11 is 7.05. The first kappa shape index (κ1) is 22.8. The number of halogens is 4. The molecule has 0 unspecified atom stereocenters. The van der Waals surface area contributed by atoms with E-state index in [1.807, 2.05) is 0 Å². The summed E-state index contributed by atoms with van der Waals surface area (Å²) in [7, 11) is -3.43. The fourth-order valence-electron chi connectivity index (χ4n) is 3.08. The zero-order valence-electron chi connectivity index (χ0n) is 14.9. The van der Waals surface area contributed by atoms with Gasteiger partial charge in [-0.1, -0.05) is 23.4 Å². The number of benzene rings is 1. The van der Waals surface area contributed by atoms with Crippen LogP contribution in [0.25, 0.3) is 0 Å². The second kappa shape index (κ2) is 8.36. The summed E-state index contributed by atoms with van der Waals surface area (Å²) in [6.45, 7) is -1.38. The van der Waals surface area contributed by atoms with Gasteiger partial charge in [-0.05, 0) is 18.2 Å². The van der Waals surface area contributed by atoms with Crippen LogP contribution in [0.5, 0.6) is 0 Å². The number of carbonyl (C=O) groups excluding carboxylic acids is 1. The molecule has 0 aliphatic carbocycles. The molecule has 0 radical (unpaired) electrons. The summed E-state index contributed by atoms with van der Waals surface area (Å²) < 4.78 is 68.3. The van der Waals surface area contributed by atoms with E-state index in [4.69, 9.17) is 16.7 Å². The zero-order chi connectivity index (χ0) is 22.3. The Kier molecular flexibility index (Phi) is 6.37. The molecular formula is C16H14ClF3N2O6S2. The molecule has 1 N–H and O–H groups in total. The van der Waals surface area contributed by atoms with Crippen LogP contribution in [0.15, 0.2) is 23.2 Å². The molecular weight excluding hydrogens is 473 g/mol. The third-order valence-electron chi connectivity index (χ3n) is 4.27. The lowest BCUT2D eigenvalue weighted by Gasteiger charge is -2.26. The molecule has 8 nitrogen and oxygen atoms in total. The van der Waals surface area contributed by atoms with Crippen molar-refractivity contribution in [3.05, 3.63) is 28.8 Å². The van der Waals surface area contributed by atoms with E-state index in [2.05, 4.69) is 9.73 Å². The second-order valence-electron chi connectivity index (χ2n) is 6.51. The minimum absolute atomic E-state index is 0.0231. The molecule has 164 valence electrons. The van der Waals surface area contributed by atoms with Crippen molar-refractivity contribution in [3.8, 4) is 0 Å². The fourth-order valence-corrected chi connectivity index (χ4v) is 7.22. The van der Waals surface area contributed by atoms with Crippen molar-refractivity contribution in [1.82, 2.24) is 0 Å². The highest BCUT2D eigenvalue weighted by molar-refractivity contribution is 8.16. The maximum absolute atomic E-state index is 13.2. The number of aliphatic carboxylic acids is 1. The Morgan fingerprint density at radius 1 is 1.30 bits per heavy atom. The largest absolute Gasteiger partial charge is 0.480 e. The number of anilines is 1. The number of rotatable bonds is 5. The Balaban J connectivity index is 1.97. The van der Waals surface area contributed by atoms with Gasteiger partial charge in [-0.15, -0.1) is 0 Å². The first-order chi connectivity index (χ1) is 13.9. The number of aliphatic imine (C=N–C) groups is 1. The normalized spacial score (nSPS) is 24.3. The standard InChI is InChI=1S/C16H14ClF3N2O6S2/c17-9-2-1-8(16(18,19)20)3-10(9)22-11-6-30(26,27)7-12(11)29-15(22)21-13(23)4-28-5-14(24)25/h1-3,11-12H,4-7H2,(H,24,25)/t11-,12+/m0/s1. The lowest BCUT2D eigenvalue weighted by atomic mass is 10.1. The molecule has 2 heterocycles. The second-order valence-corrected chi connectivity index (χ2v) is 10.3. The van der Waals surface area contributed by atoms with E-state index >= 15 is 0 Å². The smallest absolute Gasteiger partial charge is 0.416 e. The maximum atomic E-state index is 13.2. The fraction of sp³-hybridized carbons (Fsp3) is 0.438. The summed E-state index contributed by atoms with van der Waals surface area (Å²) in [5.41, 5.74) is -1.12. The van der Waals surface area contributed by atoms with E-state index in [9.17, 15) is 31.2 Å².